The molecule has 0 spiro atoms. The number of halogens is 4. The molecule has 1 N–H and O–H groups in total. The minimum atomic E-state index is -4.53. The lowest BCUT2D eigenvalue weighted by atomic mass is 10.1. The molecule has 5 nitrogen and oxygen atoms in total. The molecule has 0 radical (unpaired) electrons. The quantitative estimate of drug-likeness (QED) is 0.505. The molecule has 1 aromatic heterocycles. The maximum absolute atomic E-state index is 13.6. The lowest BCUT2D eigenvalue weighted by Gasteiger charge is -2.34. The molecule has 1 aliphatic rings. The second-order valence-corrected chi connectivity index (χ2v) is 10.8. The van der Waals surface area contributed by atoms with Crippen LogP contribution in [0.5, 0.6) is 0 Å². The Labute approximate surface area is 192 Å². The summed E-state index contributed by atoms with van der Waals surface area (Å²) in [4.78, 5) is 1.85. The number of thiophene rings is 1. The zero-order valence-electron chi connectivity index (χ0n) is 17.4. The molecule has 1 atom stereocenters. The summed E-state index contributed by atoms with van der Waals surface area (Å²) in [6.45, 7) is 1.80. The van der Waals surface area contributed by atoms with Gasteiger partial charge in [-0.05, 0) is 59.8 Å². The number of hydrogen-bond donors (Lipinski definition) is 1. The van der Waals surface area contributed by atoms with Crippen LogP contribution in [-0.4, -0.2) is 55.5 Å². The summed E-state index contributed by atoms with van der Waals surface area (Å²) in [5, 5.41) is 13.1. The first-order valence-corrected chi connectivity index (χ1v) is 12.6. The first-order valence-electron chi connectivity index (χ1n) is 10.3. The topological polar surface area (TPSA) is 60.9 Å². The van der Waals surface area contributed by atoms with Gasteiger partial charge >= 0.3 is 6.18 Å². The van der Waals surface area contributed by atoms with Gasteiger partial charge in [-0.15, -0.1) is 11.3 Å². The van der Waals surface area contributed by atoms with E-state index in [-0.39, 0.29) is 23.8 Å². The average Bonchev–Trinajstić information content (AvgIpc) is 3.20. The summed E-state index contributed by atoms with van der Waals surface area (Å²) in [5.74, 6) is -0.361. The van der Waals surface area contributed by atoms with E-state index in [1.54, 1.807) is 6.07 Å². The highest BCUT2D eigenvalue weighted by atomic mass is 32.2. The number of sulfonamides is 1. The third kappa shape index (κ3) is 5.22. The van der Waals surface area contributed by atoms with Gasteiger partial charge in [0.15, 0.2) is 0 Å². The molecule has 1 saturated heterocycles. The molecule has 2 heterocycles. The van der Waals surface area contributed by atoms with Crippen molar-refractivity contribution in [3.63, 3.8) is 0 Å². The van der Waals surface area contributed by atoms with Crippen LogP contribution in [0.4, 0.5) is 17.6 Å². The molecule has 11 heteroatoms. The van der Waals surface area contributed by atoms with Gasteiger partial charge in [-0.3, -0.25) is 0 Å². The van der Waals surface area contributed by atoms with E-state index in [9.17, 15) is 31.1 Å². The highest BCUT2D eigenvalue weighted by Gasteiger charge is 2.32. The van der Waals surface area contributed by atoms with Gasteiger partial charge in [0.05, 0.1) is 16.6 Å². The van der Waals surface area contributed by atoms with E-state index in [0.29, 0.717) is 37.0 Å². The van der Waals surface area contributed by atoms with E-state index in [1.807, 2.05) is 10.3 Å². The molecule has 1 aliphatic heterocycles. The van der Waals surface area contributed by atoms with Crippen molar-refractivity contribution in [2.24, 2.45) is 0 Å². The lowest BCUT2D eigenvalue weighted by Crippen LogP contribution is -2.48. The van der Waals surface area contributed by atoms with Crippen molar-refractivity contribution in [1.29, 1.82) is 0 Å². The number of aliphatic hydroxyl groups excluding tert-OH is 1. The van der Waals surface area contributed by atoms with Crippen LogP contribution in [0.1, 0.15) is 23.7 Å². The molecule has 178 valence electrons. The molecule has 0 aliphatic carbocycles. The summed E-state index contributed by atoms with van der Waals surface area (Å²) in [7, 11) is -3.89. The molecule has 2 aromatic carbocycles. The fourth-order valence-electron chi connectivity index (χ4n) is 3.90. The summed E-state index contributed by atoms with van der Waals surface area (Å²) >= 11 is 1.44. The highest BCUT2D eigenvalue weighted by Crippen LogP contribution is 2.33. The predicted molar refractivity (Wildman–Crippen MR) is 118 cm³/mol. The van der Waals surface area contributed by atoms with Crippen molar-refractivity contribution >= 4 is 31.4 Å². The number of rotatable bonds is 6. The Morgan fingerprint density at radius 3 is 2.33 bits per heavy atom. The number of alkyl halides is 3. The number of benzene rings is 2. The minimum Gasteiger partial charge on any atom is -0.388 e. The van der Waals surface area contributed by atoms with Crippen molar-refractivity contribution in [2.75, 3.05) is 32.7 Å². The third-order valence-corrected chi connectivity index (χ3v) is 8.69. The summed E-state index contributed by atoms with van der Waals surface area (Å²) < 4.78 is 79.5. The van der Waals surface area contributed by atoms with Crippen molar-refractivity contribution < 1.29 is 31.1 Å². The molecular weight excluding hydrogens is 480 g/mol. The van der Waals surface area contributed by atoms with Crippen LogP contribution in [0.15, 0.2) is 52.7 Å². The van der Waals surface area contributed by atoms with Crippen molar-refractivity contribution in [1.82, 2.24) is 9.21 Å². The maximum atomic E-state index is 13.6. The van der Waals surface area contributed by atoms with E-state index in [0.717, 1.165) is 29.0 Å². The Kier molecular flexibility index (Phi) is 6.79. The van der Waals surface area contributed by atoms with Gasteiger partial charge in [0.2, 0.25) is 10.0 Å². The number of nitrogens with zero attached hydrogens (tertiary/aromatic N) is 2. The zero-order chi connectivity index (χ0) is 23.8. The Hall–Kier alpha value is -2.05. The SMILES string of the molecule is O=S(=O)(c1ccc(C(F)(F)F)cc1)N1CCN(CCC(O)c2csc3ccc(F)cc23)CC1. The largest absolute Gasteiger partial charge is 0.416 e. The third-order valence-electron chi connectivity index (χ3n) is 5.79. The number of fused-ring (bicyclic) bond motifs is 1. The Balaban J connectivity index is 1.33. The van der Waals surface area contributed by atoms with E-state index < -0.39 is 27.9 Å². The van der Waals surface area contributed by atoms with Gasteiger partial charge in [-0.2, -0.15) is 17.5 Å². The van der Waals surface area contributed by atoms with Gasteiger partial charge in [0.25, 0.3) is 0 Å². The normalized spacial score (nSPS) is 17.5. The van der Waals surface area contributed by atoms with Crippen LogP contribution in [0.2, 0.25) is 0 Å². The minimum absolute atomic E-state index is 0.170. The molecular formula is C22H22F4N2O3S2. The smallest absolute Gasteiger partial charge is 0.388 e. The molecule has 0 saturated carbocycles. The van der Waals surface area contributed by atoms with Crippen LogP contribution in [0.3, 0.4) is 0 Å². The van der Waals surface area contributed by atoms with Crippen molar-refractivity contribution in [2.45, 2.75) is 23.6 Å². The summed E-state index contributed by atoms with van der Waals surface area (Å²) in [5.41, 5.74) is -0.219. The fraction of sp³-hybridized carbons (Fsp3) is 0.364. The van der Waals surface area contributed by atoms with Crippen molar-refractivity contribution in [3.8, 4) is 0 Å². The molecule has 3 aromatic rings. The van der Waals surface area contributed by atoms with Gasteiger partial charge in [-0.25, -0.2) is 12.8 Å². The molecule has 4 rings (SSSR count). The summed E-state index contributed by atoms with van der Waals surface area (Å²) in [6.07, 6.45) is -4.88. The van der Waals surface area contributed by atoms with Crippen LogP contribution >= 0.6 is 11.3 Å². The number of piperazine rings is 1. The van der Waals surface area contributed by atoms with Crippen molar-refractivity contribution in [3.05, 3.63) is 64.8 Å². The average molecular weight is 503 g/mol. The lowest BCUT2D eigenvalue weighted by molar-refractivity contribution is -0.137. The Morgan fingerprint density at radius 2 is 1.70 bits per heavy atom. The standard InChI is InChI=1S/C22H22F4N2O3S2/c23-16-3-6-21-18(13-16)19(14-32-21)20(29)7-8-27-9-11-28(12-10-27)33(30,31)17-4-1-15(2-5-17)22(24,25)26/h1-6,13-14,20,29H,7-12H2. The first kappa shape index (κ1) is 24.1. The van der Waals surface area contributed by atoms with E-state index >= 15 is 0 Å². The number of aliphatic hydroxyl groups is 1. The van der Waals surface area contributed by atoms with Gasteiger partial charge < -0.3 is 10.0 Å². The molecule has 0 bridgehead atoms. The maximum Gasteiger partial charge on any atom is 0.416 e. The van der Waals surface area contributed by atoms with Crippen LogP contribution in [0, 0.1) is 5.82 Å². The second kappa shape index (κ2) is 9.30. The molecule has 1 unspecified atom stereocenters. The Morgan fingerprint density at radius 1 is 1.03 bits per heavy atom. The van der Waals surface area contributed by atoms with Gasteiger partial charge in [0.1, 0.15) is 5.82 Å². The fourth-order valence-corrected chi connectivity index (χ4v) is 6.31. The Bertz CT molecular complexity index is 1220. The van der Waals surface area contributed by atoms with E-state index in [1.165, 1.54) is 27.8 Å². The van der Waals surface area contributed by atoms with Crippen LogP contribution in [-0.2, 0) is 16.2 Å². The first-order chi connectivity index (χ1) is 15.6. The van der Waals surface area contributed by atoms with Gasteiger partial charge in [0, 0.05) is 42.8 Å². The zero-order valence-corrected chi connectivity index (χ0v) is 19.1. The molecule has 0 amide bonds. The van der Waals surface area contributed by atoms with Gasteiger partial charge in [-0.1, -0.05) is 0 Å². The second-order valence-electron chi connectivity index (χ2n) is 7.90. The number of hydrogen-bond acceptors (Lipinski definition) is 5. The van der Waals surface area contributed by atoms with E-state index in [4.69, 9.17) is 0 Å². The monoisotopic (exact) mass is 502 g/mol. The highest BCUT2D eigenvalue weighted by molar-refractivity contribution is 7.89. The predicted octanol–water partition coefficient (Wildman–Crippen LogP) is 4.49. The van der Waals surface area contributed by atoms with E-state index in [2.05, 4.69) is 0 Å². The van der Waals surface area contributed by atoms with Crippen LogP contribution < -0.4 is 0 Å². The molecule has 1 fully saturated rings. The van der Waals surface area contributed by atoms with Crippen LogP contribution in [0.25, 0.3) is 10.1 Å². The molecule has 33 heavy (non-hydrogen) atoms. The summed E-state index contributed by atoms with van der Waals surface area (Å²) in [6, 6.07) is 7.98.